The van der Waals surface area contributed by atoms with Gasteiger partial charge in [0.2, 0.25) is 0 Å². The van der Waals surface area contributed by atoms with E-state index >= 15 is 0 Å². The molecule has 7 heteroatoms. The number of ether oxygens (including phenoxy) is 3. The molecule has 1 aliphatic rings. The molecule has 0 aliphatic carbocycles. The monoisotopic (exact) mass is 394 g/mol. The average Bonchev–Trinajstić information content (AvgIpc) is 2.72. The van der Waals surface area contributed by atoms with E-state index in [1.807, 2.05) is 36.4 Å². The fourth-order valence-electron chi connectivity index (χ4n) is 3.02. The van der Waals surface area contributed by atoms with Gasteiger partial charge in [-0.2, -0.15) is 0 Å². The van der Waals surface area contributed by atoms with Gasteiger partial charge in [-0.25, -0.2) is 0 Å². The van der Waals surface area contributed by atoms with Gasteiger partial charge in [-0.3, -0.25) is 10.1 Å². The van der Waals surface area contributed by atoms with Crippen LogP contribution in [-0.4, -0.2) is 31.3 Å². The molecule has 4 rings (SSSR count). The number of carbonyl (C=O) groups is 1. The zero-order valence-corrected chi connectivity index (χ0v) is 16.0. The van der Waals surface area contributed by atoms with Crippen molar-refractivity contribution >= 4 is 39.7 Å². The predicted molar refractivity (Wildman–Crippen MR) is 112 cm³/mol. The molecule has 0 saturated heterocycles. The number of fused-ring (bicyclic) bond motifs is 2. The molecule has 0 radical (unpaired) electrons. The highest BCUT2D eigenvalue weighted by molar-refractivity contribution is 7.80. The Morgan fingerprint density at radius 3 is 2.46 bits per heavy atom. The number of hydrogen-bond donors (Lipinski definition) is 2. The summed E-state index contributed by atoms with van der Waals surface area (Å²) in [4.78, 5) is 12.7. The fourth-order valence-corrected chi connectivity index (χ4v) is 3.23. The van der Waals surface area contributed by atoms with Gasteiger partial charge in [-0.1, -0.05) is 24.3 Å². The van der Waals surface area contributed by atoms with Crippen LogP contribution in [0.2, 0.25) is 0 Å². The first-order chi connectivity index (χ1) is 13.6. The highest BCUT2D eigenvalue weighted by Gasteiger charge is 2.16. The van der Waals surface area contributed by atoms with Crippen molar-refractivity contribution in [3.63, 3.8) is 0 Å². The topological polar surface area (TPSA) is 68.8 Å². The minimum absolute atomic E-state index is 0.178. The van der Waals surface area contributed by atoms with Crippen LogP contribution in [0.1, 0.15) is 10.4 Å². The first kappa shape index (κ1) is 18.1. The molecular formula is C21H18N2O4S. The van der Waals surface area contributed by atoms with Crippen LogP contribution in [0.15, 0.2) is 54.6 Å². The van der Waals surface area contributed by atoms with Crippen molar-refractivity contribution < 1.29 is 19.0 Å². The van der Waals surface area contributed by atoms with Crippen molar-refractivity contribution in [1.82, 2.24) is 5.32 Å². The smallest absolute Gasteiger partial charge is 0.261 e. The molecule has 0 aromatic heterocycles. The number of nitrogens with one attached hydrogen (secondary N) is 2. The predicted octanol–water partition coefficient (Wildman–Crippen LogP) is 3.75. The summed E-state index contributed by atoms with van der Waals surface area (Å²) >= 11 is 5.29. The summed E-state index contributed by atoms with van der Waals surface area (Å²) < 4.78 is 16.4. The van der Waals surface area contributed by atoms with Crippen molar-refractivity contribution in [2.24, 2.45) is 0 Å². The first-order valence-corrected chi connectivity index (χ1v) is 9.13. The maximum absolute atomic E-state index is 12.7. The van der Waals surface area contributed by atoms with Gasteiger partial charge in [-0.05, 0) is 47.3 Å². The summed E-state index contributed by atoms with van der Waals surface area (Å²) in [5, 5.41) is 7.80. The summed E-state index contributed by atoms with van der Waals surface area (Å²) in [7, 11) is 1.53. The molecule has 0 saturated carbocycles. The van der Waals surface area contributed by atoms with E-state index in [4.69, 9.17) is 26.4 Å². The Morgan fingerprint density at radius 2 is 1.71 bits per heavy atom. The van der Waals surface area contributed by atoms with Gasteiger partial charge in [0, 0.05) is 11.8 Å². The molecule has 0 unspecified atom stereocenters. The molecule has 0 fully saturated rings. The van der Waals surface area contributed by atoms with Crippen LogP contribution >= 0.6 is 12.2 Å². The van der Waals surface area contributed by atoms with E-state index in [9.17, 15) is 4.79 Å². The molecule has 6 nitrogen and oxygen atoms in total. The van der Waals surface area contributed by atoms with Crippen molar-refractivity contribution in [3.05, 3.63) is 60.2 Å². The third-order valence-electron chi connectivity index (χ3n) is 4.34. The molecule has 28 heavy (non-hydrogen) atoms. The average molecular weight is 394 g/mol. The van der Waals surface area contributed by atoms with Crippen LogP contribution < -0.4 is 24.8 Å². The number of anilines is 1. The van der Waals surface area contributed by atoms with Gasteiger partial charge in [0.25, 0.3) is 5.91 Å². The Kier molecular flexibility index (Phi) is 4.99. The second-order valence-electron chi connectivity index (χ2n) is 6.17. The highest BCUT2D eigenvalue weighted by Crippen LogP contribution is 2.32. The van der Waals surface area contributed by atoms with Crippen LogP contribution in [0.3, 0.4) is 0 Å². The zero-order chi connectivity index (χ0) is 19.5. The molecule has 1 heterocycles. The summed E-state index contributed by atoms with van der Waals surface area (Å²) in [6.07, 6.45) is 0. The lowest BCUT2D eigenvalue weighted by molar-refractivity contribution is 0.0975. The van der Waals surface area contributed by atoms with Crippen molar-refractivity contribution in [3.8, 4) is 17.2 Å². The van der Waals surface area contributed by atoms with Gasteiger partial charge < -0.3 is 19.5 Å². The van der Waals surface area contributed by atoms with Crippen LogP contribution in [0, 0.1) is 0 Å². The number of carbonyl (C=O) groups excluding carboxylic acids is 1. The molecule has 3 aromatic rings. The third kappa shape index (κ3) is 3.70. The molecule has 0 bridgehead atoms. The first-order valence-electron chi connectivity index (χ1n) is 8.73. The van der Waals surface area contributed by atoms with Gasteiger partial charge in [0.15, 0.2) is 16.6 Å². The Bertz CT molecular complexity index is 1070. The number of thiocarbonyl (C=S) groups is 1. The van der Waals surface area contributed by atoms with Crippen LogP contribution in [0.4, 0.5) is 5.69 Å². The number of benzene rings is 3. The van der Waals surface area contributed by atoms with E-state index in [0.717, 1.165) is 10.8 Å². The Morgan fingerprint density at radius 1 is 1.00 bits per heavy atom. The second-order valence-corrected chi connectivity index (χ2v) is 6.57. The van der Waals surface area contributed by atoms with Crippen LogP contribution in [0.25, 0.3) is 10.8 Å². The van der Waals surface area contributed by atoms with Crippen LogP contribution in [-0.2, 0) is 0 Å². The Labute approximate surface area is 167 Å². The summed E-state index contributed by atoms with van der Waals surface area (Å²) in [6, 6.07) is 16.8. The van der Waals surface area contributed by atoms with E-state index in [2.05, 4.69) is 10.6 Å². The van der Waals surface area contributed by atoms with E-state index < -0.39 is 0 Å². The molecule has 0 atom stereocenters. The Hall–Kier alpha value is -3.32. The minimum Gasteiger partial charge on any atom is -0.496 e. The summed E-state index contributed by atoms with van der Waals surface area (Å²) in [5.74, 6) is 1.46. The molecule has 1 amide bonds. The van der Waals surface area contributed by atoms with Gasteiger partial charge in [0.1, 0.15) is 19.0 Å². The van der Waals surface area contributed by atoms with Gasteiger partial charge in [0.05, 0.1) is 12.7 Å². The lowest BCUT2D eigenvalue weighted by Crippen LogP contribution is -2.34. The van der Waals surface area contributed by atoms with Gasteiger partial charge in [-0.15, -0.1) is 0 Å². The van der Waals surface area contributed by atoms with Crippen molar-refractivity contribution in [2.45, 2.75) is 0 Å². The van der Waals surface area contributed by atoms with E-state index in [1.165, 1.54) is 7.11 Å². The molecule has 3 aromatic carbocycles. The molecule has 2 N–H and O–H groups in total. The SMILES string of the molecule is COc1cc2ccccc2cc1C(=O)NC(=S)Nc1ccc2c(c1)OCCO2. The number of rotatable bonds is 3. The van der Waals surface area contributed by atoms with E-state index in [1.54, 1.807) is 18.2 Å². The lowest BCUT2D eigenvalue weighted by atomic mass is 10.1. The number of amides is 1. The largest absolute Gasteiger partial charge is 0.496 e. The van der Waals surface area contributed by atoms with Crippen molar-refractivity contribution in [1.29, 1.82) is 0 Å². The standard InChI is InChI=1S/C21H18N2O4S/c1-25-18-11-14-5-3-2-4-13(14)10-16(18)20(24)23-21(28)22-15-6-7-17-19(12-15)27-9-8-26-17/h2-7,10-12H,8-9H2,1H3,(H2,22,23,24,28). The molecular weight excluding hydrogens is 376 g/mol. The highest BCUT2D eigenvalue weighted by atomic mass is 32.1. The number of methoxy groups -OCH3 is 1. The molecule has 142 valence electrons. The maximum atomic E-state index is 12.7. The zero-order valence-electron chi connectivity index (χ0n) is 15.2. The van der Waals surface area contributed by atoms with Crippen molar-refractivity contribution in [2.75, 3.05) is 25.6 Å². The third-order valence-corrected chi connectivity index (χ3v) is 4.54. The summed E-state index contributed by atoms with van der Waals surface area (Å²) in [6.45, 7) is 1.03. The minimum atomic E-state index is -0.349. The maximum Gasteiger partial charge on any atom is 0.261 e. The van der Waals surface area contributed by atoms with Gasteiger partial charge >= 0.3 is 0 Å². The lowest BCUT2D eigenvalue weighted by Gasteiger charge is -2.19. The quantitative estimate of drug-likeness (QED) is 0.660. The fraction of sp³-hybridized carbons (Fsp3) is 0.143. The van der Waals surface area contributed by atoms with Crippen LogP contribution in [0.5, 0.6) is 17.2 Å². The molecule has 1 aliphatic heterocycles. The normalized spacial score (nSPS) is 12.3. The molecule has 0 spiro atoms. The summed E-state index contributed by atoms with van der Waals surface area (Å²) in [5.41, 5.74) is 1.10. The second kappa shape index (κ2) is 7.74. The number of hydrogen-bond acceptors (Lipinski definition) is 5. The Balaban J connectivity index is 1.50. The van der Waals surface area contributed by atoms with E-state index in [-0.39, 0.29) is 11.0 Å². The van der Waals surface area contributed by atoms with E-state index in [0.29, 0.717) is 41.7 Å².